The van der Waals surface area contributed by atoms with Crippen molar-refractivity contribution in [1.82, 2.24) is 0 Å². The molecule has 45 heavy (non-hydrogen) atoms. The lowest BCUT2D eigenvalue weighted by molar-refractivity contribution is -0.154. The number of carbonyl (C=O) groups excluding carboxylic acids is 1. The van der Waals surface area contributed by atoms with E-state index in [1.807, 2.05) is 0 Å². The number of carbonyl (C=O) groups is 1. The van der Waals surface area contributed by atoms with Crippen LogP contribution in [0.3, 0.4) is 0 Å². The molecule has 0 aromatic rings. The van der Waals surface area contributed by atoms with Gasteiger partial charge in [0.05, 0.1) is 13.2 Å². The maximum atomic E-state index is 12.2. The Morgan fingerprint density at radius 2 is 0.889 bits per heavy atom. The van der Waals surface area contributed by atoms with Gasteiger partial charge >= 0.3 is 5.97 Å². The summed E-state index contributed by atoms with van der Waals surface area (Å²) in [5.41, 5.74) is 0. The lowest BCUT2D eigenvalue weighted by Crippen LogP contribution is -2.27. The summed E-state index contributed by atoms with van der Waals surface area (Å²) in [6.45, 7) is 5.33. The van der Waals surface area contributed by atoms with Gasteiger partial charge in [-0.3, -0.25) is 4.79 Å². The molecule has 0 saturated heterocycles. The Morgan fingerprint density at radius 3 is 1.33 bits per heavy atom. The van der Waals surface area contributed by atoms with E-state index in [1.165, 1.54) is 180 Å². The molecule has 4 heteroatoms. The first-order valence-electron chi connectivity index (χ1n) is 20.3. The second-order valence-corrected chi connectivity index (χ2v) is 13.7. The van der Waals surface area contributed by atoms with Crippen LogP contribution in [0.4, 0.5) is 0 Å². The van der Waals surface area contributed by atoms with Crippen LogP contribution in [-0.4, -0.2) is 37.0 Å². The molecule has 0 bridgehead atoms. The molecule has 0 aromatic heterocycles. The fourth-order valence-electron chi connectivity index (χ4n) is 6.02. The van der Waals surface area contributed by atoms with Gasteiger partial charge in [-0.2, -0.15) is 0 Å². The molecular formula is C41H80O4. The summed E-state index contributed by atoms with van der Waals surface area (Å²) in [7, 11) is 0. The molecule has 0 aliphatic carbocycles. The van der Waals surface area contributed by atoms with Gasteiger partial charge in [0.1, 0.15) is 6.10 Å². The van der Waals surface area contributed by atoms with Crippen molar-refractivity contribution >= 4 is 5.97 Å². The van der Waals surface area contributed by atoms with Crippen LogP contribution in [0, 0.1) is 0 Å². The predicted molar refractivity (Wildman–Crippen MR) is 196 cm³/mol. The molecule has 0 amide bonds. The van der Waals surface area contributed by atoms with Crippen LogP contribution in [0.2, 0.25) is 0 Å². The normalized spacial score (nSPS) is 12.3. The Hall–Kier alpha value is -0.870. The molecule has 1 unspecified atom stereocenters. The zero-order chi connectivity index (χ0) is 32.7. The summed E-state index contributed by atoms with van der Waals surface area (Å²) in [5.74, 6) is -0.198. The molecule has 0 fully saturated rings. The van der Waals surface area contributed by atoms with Gasteiger partial charge in [-0.25, -0.2) is 0 Å². The third-order valence-corrected chi connectivity index (χ3v) is 9.09. The molecule has 0 radical (unpaired) electrons. The Kier molecular flexibility index (Phi) is 38.5. The minimum absolute atomic E-state index is 0.169. The van der Waals surface area contributed by atoms with E-state index in [0.29, 0.717) is 19.6 Å². The van der Waals surface area contributed by atoms with Crippen molar-refractivity contribution in [2.75, 3.05) is 19.8 Å². The smallest absolute Gasteiger partial charge is 0.306 e. The molecule has 0 aliphatic heterocycles. The van der Waals surface area contributed by atoms with Gasteiger partial charge in [0.15, 0.2) is 0 Å². The van der Waals surface area contributed by atoms with Crippen LogP contribution in [0.1, 0.15) is 219 Å². The van der Waals surface area contributed by atoms with Crippen molar-refractivity contribution in [3.63, 3.8) is 0 Å². The SMILES string of the molecule is CCCC/C=C\CCCCCCCCOCC(CO)OC(=O)CCCCCCCCCCCCCCCCCCCCCCC. The van der Waals surface area contributed by atoms with E-state index in [0.717, 1.165) is 19.3 Å². The van der Waals surface area contributed by atoms with Crippen molar-refractivity contribution < 1.29 is 19.4 Å². The number of rotatable bonds is 38. The summed E-state index contributed by atoms with van der Waals surface area (Å²) in [4.78, 5) is 12.2. The number of ether oxygens (including phenoxy) is 2. The molecule has 1 atom stereocenters. The number of allylic oxidation sites excluding steroid dienone is 2. The van der Waals surface area contributed by atoms with Gasteiger partial charge in [-0.1, -0.05) is 193 Å². The minimum atomic E-state index is -0.530. The Bertz CT molecular complexity index is 590. The van der Waals surface area contributed by atoms with Crippen LogP contribution in [0.15, 0.2) is 12.2 Å². The molecular weight excluding hydrogens is 556 g/mol. The average Bonchev–Trinajstić information content (AvgIpc) is 3.05. The van der Waals surface area contributed by atoms with E-state index in [4.69, 9.17) is 9.47 Å². The molecule has 1 N–H and O–H groups in total. The molecule has 268 valence electrons. The third-order valence-electron chi connectivity index (χ3n) is 9.09. The van der Waals surface area contributed by atoms with Crippen LogP contribution in [0.5, 0.6) is 0 Å². The monoisotopic (exact) mass is 637 g/mol. The quantitative estimate of drug-likeness (QED) is 0.0416. The lowest BCUT2D eigenvalue weighted by atomic mass is 10.0. The molecule has 0 rings (SSSR count). The number of aliphatic hydroxyl groups excluding tert-OH is 1. The summed E-state index contributed by atoms with van der Waals surface area (Å²) in [6, 6.07) is 0. The van der Waals surface area contributed by atoms with Gasteiger partial charge in [0.25, 0.3) is 0 Å². The van der Waals surface area contributed by atoms with Gasteiger partial charge in [-0.15, -0.1) is 0 Å². The largest absolute Gasteiger partial charge is 0.457 e. The van der Waals surface area contributed by atoms with E-state index in [2.05, 4.69) is 26.0 Å². The van der Waals surface area contributed by atoms with Crippen molar-refractivity contribution in [3.8, 4) is 0 Å². The number of esters is 1. The van der Waals surface area contributed by atoms with E-state index >= 15 is 0 Å². The van der Waals surface area contributed by atoms with Gasteiger partial charge < -0.3 is 14.6 Å². The zero-order valence-corrected chi connectivity index (χ0v) is 30.7. The maximum Gasteiger partial charge on any atom is 0.306 e. The summed E-state index contributed by atoms with van der Waals surface area (Å²) < 4.78 is 11.1. The summed E-state index contributed by atoms with van der Waals surface area (Å²) in [6.07, 6.45) is 45.5. The molecule has 0 heterocycles. The first-order valence-corrected chi connectivity index (χ1v) is 20.3. The summed E-state index contributed by atoms with van der Waals surface area (Å²) >= 11 is 0. The first kappa shape index (κ1) is 44.1. The lowest BCUT2D eigenvalue weighted by Gasteiger charge is -2.15. The fraction of sp³-hybridized carbons (Fsp3) is 0.927. The zero-order valence-electron chi connectivity index (χ0n) is 30.7. The summed E-state index contributed by atoms with van der Waals surface area (Å²) in [5, 5.41) is 9.56. The molecule has 4 nitrogen and oxygen atoms in total. The fourth-order valence-corrected chi connectivity index (χ4v) is 6.02. The van der Waals surface area contributed by atoms with E-state index < -0.39 is 6.10 Å². The highest BCUT2D eigenvalue weighted by Gasteiger charge is 2.13. The molecule has 0 saturated carbocycles. The van der Waals surface area contributed by atoms with Crippen LogP contribution in [-0.2, 0) is 14.3 Å². The Balaban J connectivity index is 3.36. The third kappa shape index (κ3) is 37.5. The molecule has 0 aromatic carbocycles. The highest BCUT2D eigenvalue weighted by atomic mass is 16.6. The predicted octanol–water partition coefficient (Wildman–Crippen LogP) is 13.0. The van der Waals surface area contributed by atoms with E-state index in [1.54, 1.807) is 0 Å². The topological polar surface area (TPSA) is 55.8 Å². The van der Waals surface area contributed by atoms with Crippen LogP contribution in [0.25, 0.3) is 0 Å². The second kappa shape index (κ2) is 39.3. The average molecular weight is 637 g/mol. The Morgan fingerprint density at radius 1 is 0.511 bits per heavy atom. The molecule has 0 spiro atoms. The highest BCUT2D eigenvalue weighted by molar-refractivity contribution is 5.69. The van der Waals surface area contributed by atoms with Crippen LogP contribution >= 0.6 is 0 Å². The van der Waals surface area contributed by atoms with Gasteiger partial charge in [0, 0.05) is 13.0 Å². The minimum Gasteiger partial charge on any atom is -0.457 e. The standard InChI is InChI=1S/C41H80O4/c1-3-5-7-9-11-13-15-17-18-19-20-21-22-23-24-25-26-28-30-32-34-36-41(43)45-40(38-42)39-44-37-35-33-31-29-27-16-14-12-10-8-6-4-2/h10,12,40,42H,3-9,11,13-39H2,1-2H3/b12-10-. The first-order chi connectivity index (χ1) is 22.2. The van der Waals surface area contributed by atoms with Crippen molar-refractivity contribution in [2.24, 2.45) is 0 Å². The van der Waals surface area contributed by atoms with Gasteiger partial charge in [0.2, 0.25) is 0 Å². The highest BCUT2D eigenvalue weighted by Crippen LogP contribution is 2.16. The number of hydrogen-bond donors (Lipinski definition) is 1. The van der Waals surface area contributed by atoms with Crippen molar-refractivity contribution in [2.45, 2.75) is 225 Å². The number of aliphatic hydroxyl groups is 1. The Labute approximate surface area is 282 Å². The van der Waals surface area contributed by atoms with Crippen LogP contribution < -0.4 is 0 Å². The second-order valence-electron chi connectivity index (χ2n) is 13.7. The van der Waals surface area contributed by atoms with Gasteiger partial charge in [-0.05, 0) is 32.1 Å². The van der Waals surface area contributed by atoms with Crippen molar-refractivity contribution in [3.05, 3.63) is 12.2 Å². The molecule has 0 aliphatic rings. The van der Waals surface area contributed by atoms with E-state index in [-0.39, 0.29) is 12.6 Å². The van der Waals surface area contributed by atoms with Crippen molar-refractivity contribution in [1.29, 1.82) is 0 Å². The number of hydrogen-bond acceptors (Lipinski definition) is 4. The van der Waals surface area contributed by atoms with E-state index in [9.17, 15) is 9.90 Å². The number of unbranched alkanes of at least 4 members (excludes halogenated alkanes) is 28. The maximum absolute atomic E-state index is 12.2.